The van der Waals surface area contributed by atoms with Gasteiger partial charge in [0, 0.05) is 17.6 Å². The van der Waals surface area contributed by atoms with E-state index in [1.54, 1.807) is 17.7 Å². The molecule has 0 amide bonds. The molecule has 2 aromatic heterocycles. The van der Waals surface area contributed by atoms with Gasteiger partial charge in [0.25, 0.3) is 0 Å². The number of nitrogen functional groups attached to an aromatic ring is 1. The van der Waals surface area contributed by atoms with E-state index in [2.05, 4.69) is 33.0 Å². The molecule has 3 N–H and O–H groups in total. The van der Waals surface area contributed by atoms with Crippen LogP contribution in [0.1, 0.15) is 11.1 Å². The largest absolute Gasteiger partial charge is 0.399 e. The number of hydrogen-bond donors (Lipinski definition) is 2. The lowest BCUT2D eigenvalue weighted by atomic mass is 10.2. The maximum atomic E-state index is 5.77. The second-order valence-electron chi connectivity index (χ2n) is 4.43. The van der Waals surface area contributed by atoms with Crippen LogP contribution in [0.5, 0.6) is 0 Å². The van der Waals surface area contributed by atoms with E-state index in [-0.39, 0.29) is 0 Å². The fourth-order valence-electron chi connectivity index (χ4n) is 1.96. The van der Waals surface area contributed by atoms with Crippen molar-refractivity contribution in [3.05, 3.63) is 46.4 Å². The van der Waals surface area contributed by atoms with Crippen molar-refractivity contribution in [1.82, 2.24) is 9.97 Å². The van der Waals surface area contributed by atoms with E-state index < -0.39 is 0 Å². The summed E-state index contributed by atoms with van der Waals surface area (Å²) in [5.74, 6) is 0.843. The summed E-state index contributed by atoms with van der Waals surface area (Å²) in [5.41, 5.74) is 9.94. The van der Waals surface area contributed by atoms with Gasteiger partial charge >= 0.3 is 0 Å². The number of aromatic nitrogens is 2. The second kappa shape index (κ2) is 4.85. The molecule has 0 fully saturated rings. The van der Waals surface area contributed by atoms with Crippen molar-refractivity contribution in [3.63, 3.8) is 0 Å². The van der Waals surface area contributed by atoms with Gasteiger partial charge in [-0.3, -0.25) is 0 Å². The Kier molecular flexibility index (Phi) is 3.05. The third kappa shape index (κ3) is 2.37. The predicted molar refractivity (Wildman–Crippen MR) is 80.3 cm³/mol. The molecule has 0 saturated carbocycles. The third-order valence-corrected chi connectivity index (χ3v) is 3.98. The van der Waals surface area contributed by atoms with Crippen molar-refractivity contribution in [2.45, 2.75) is 13.5 Å². The van der Waals surface area contributed by atoms with Crippen LogP contribution in [-0.4, -0.2) is 9.97 Å². The maximum absolute atomic E-state index is 5.77. The average molecular weight is 270 g/mol. The van der Waals surface area contributed by atoms with Crippen LogP contribution in [0.3, 0.4) is 0 Å². The molecule has 0 spiro atoms. The highest BCUT2D eigenvalue weighted by Crippen LogP contribution is 2.22. The Labute approximate surface area is 115 Å². The van der Waals surface area contributed by atoms with Crippen molar-refractivity contribution in [3.8, 4) is 0 Å². The fraction of sp³-hybridized carbons (Fsp3) is 0.143. The number of nitrogens with two attached hydrogens (primary N) is 1. The Bertz CT molecular complexity index is 720. The molecule has 0 bridgehead atoms. The molecule has 0 atom stereocenters. The molecule has 4 nitrogen and oxygen atoms in total. The molecule has 96 valence electrons. The first kappa shape index (κ1) is 11.9. The van der Waals surface area contributed by atoms with Crippen LogP contribution >= 0.6 is 11.3 Å². The lowest BCUT2D eigenvalue weighted by Crippen LogP contribution is -2.02. The number of benzene rings is 1. The van der Waals surface area contributed by atoms with Crippen LogP contribution in [0.25, 0.3) is 10.9 Å². The van der Waals surface area contributed by atoms with Crippen LogP contribution in [-0.2, 0) is 6.54 Å². The van der Waals surface area contributed by atoms with Crippen LogP contribution in [0.4, 0.5) is 11.5 Å². The van der Waals surface area contributed by atoms with E-state index in [1.807, 2.05) is 18.2 Å². The zero-order valence-electron chi connectivity index (χ0n) is 10.6. The van der Waals surface area contributed by atoms with Crippen LogP contribution < -0.4 is 11.1 Å². The van der Waals surface area contributed by atoms with Crippen molar-refractivity contribution in [2.24, 2.45) is 0 Å². The number of nitrogens with one attached hydrogen (secondary N) is 1. The molecule has 3 aromatic rings. The van der Waals surface area contributed by atoms with Crippen molar-refractivity contribution in [1.29, 1.82) is 0 Å². The highest BCUT2D eigenvalue weighted by molar-refractivity contribution is 7.08. The zero-order chi connectivity index (χ0) is 13.2. The Balaban J connectivity index is 1.91. The quantitative estimate of drug-likeness (QED) is 0.717. The van der Waals surface area contributed by atoms with E-state index in [0.29, 0.717) is 5.69 Å². The van der Waals surface area contributed by atoms with Crippen molar-refractivity contribution in [2.75, 3.05) is 11.1 Å². The van der Waals surface area contributed by atoms with Crippen LogP contribution in [0, 0.1) is 6.92 Å². The van der Waals surface area contributed by atoms with Gasteiger partial charge in [-0.2, -0.15) is 11.3 Å². The minimum absolute atomic E-state index is 0.714. The number of nitrogens with zero attached hydrogens (tertiary/aromatic N) is 2. The summed E-state index contributed by atoms with van der Waals surface area (Å²) >= 11 is 1.72. The number of rotatable bonds is 3. The minimum atomic E-state index is 0.714. The van der Waals surface area contributed by atoms with Crippen LogP contribution in [0.15, 0.2) is 35.3 Å². The summed E-state index contributed by atoms with van der Waals surface area (Å²) in [5, 5.41) is 8.66. The monoisotopic (exact) mass is 270 g/mol. The standard InChI is InChI=1S/C14H14N4S/c1-9-6-19-7-10(9)5-16-14-12-3-2-11(15)4-13(12)17-8-18-14/h2-4,6-8H,5,15H2,1H3,(H,16,17,18). The average Bonchev–Trinajstić information content (AvgIpc) is 2.81. The van der Waals surface area contributed by atoms with Gasteiger partial charge in [0.15, 0.2) is 0 Å². The first-order chi connectivity index (χ1) is 9.24. The number of thiophene rings is 1. The second-order valence-corrected chi connectivity index (χ2v) is 5.18. The third-order valence-electron chi connectivity index (χ3n) is 3.07. The summed E-state index contributed by atoms with van der Waals surface area (Å²) in [6.07, 6.45) is 1.56. The predicted octanol–water partition coefficient (Wildman–Crippen LogP) is 3.19. The molecular weight excluding hydrogens is 256 g/mol. The van der Waals surface area contributed by atoms with E-state index in [4.69, 9.17) is 5.73 Å². The Morgan fingerprint density at radius 2 is 2.16 bits per heavy atom. The van der Waals surface area contributed by atoms with Gasteiger partial charge < -0.3 is 11.1 Å². The number of fused-ring (bicyclic) bond motifs is 1. The molecule has 3 rings (SSSR count). The van der Waals surface area contributed by atoms with Gasteiger partial charge in [0.1, 0.15) is 12.1 Å². The van der Waals surface area contributed by atoms with Gasteiger partial charge in [-0.15, -0.1) is 0 Å². The summed E-state index contributed by atoms with van der Waals surface area (Å²) in [4.78, 5) is 8.54. The lowest BCUT2D eigenvalue weighted by molar-refractivity contribution is 1.10. The summed E-state index contributed by atoms with van der Waals surface area (Å²) in [7, 11) is 0. The Hall–Kier alpha value is -2.14. The zero-order valence-corrected chi connectivity index (χ0v) is 11.4. The molecule has 1 aromatic carbocycles. The smallest absolute Gasteiger partial charge is 0.137 e. The molecule has 0 aliphatic rings. The molecular formula is C14H14N4S. The van der Waals surface area contributed by atoms with E-state index in [0.717, 1.165) is 23.3 Å². The molecule has 2 heterocycles. The highest BCUT2D eigenvalue weighted by Gasteiger charge is 2.05. The molecule has 5 heteroatoms. The molecule has 0 aliphatic heterocycles. The van der Waals surface area contributed by atoms with Gasteiger partial charge in [-0.1, -0.05) is 0 Å². The number of aryl methyl sites for hydroxylation is 1. The topological polar surface area (TPSA) is 63.8 Å². The van der Waals surface area contributed by atoms with E-state index in [9.17, 15) is 0 Å². The van der Waals surface area contributed by atoms with E-state index in [1.165, 1.54) is 11.1 Å². The highest BCUT2D eigenvalue weighted by atomic mass is 32.1. The fourth-order valence-corrected chi connectivity index (χ4v) is 2.82. The van der Waals surface area contributed by atoms with Crippen molar-refractivity contribution < 1.29 is 0 Å². The molecule has 0 unspecified atom stereocenters. The Morgan fingerprint density at radius 3 is 2.95 bits per heavy atom. The first-order valence-electron chi connectivity index (χ1n) is 6.00. The van der Waals surface area contributed by atoms with Crippen LogP contribution in [0.2, 0.25) is 0 Å². The number of hydrogen-bond acceptors (Lipinski definition) is 5. The van der Waals surface area contributed by atoms with Gasteiger partial charge in [-0.05, 0) is 47.0 Å². The lowest BCUT2D eigenvalue weighted by Gasteiger charge is -2.08. The molecule has 0 saturated heterocycles. The SMILES string of the molecule is Cc1cscc1CNc1ncnc2cc(N)ccc12. The first-order valence-corrected chi connectivity index (χ1v) is 6.94. The van der Waals surface area contributed by atoms with Gasteiger partial charge in [-0.25, -0.2) is 9.97 Å². The van der Waals surface area contributed by atoms with Gasteiger partial charge in [0.2, 0.25) is 0 Å². The normalized spacial score (nSPS) is 10.8. The maximum Gasteiger partial charge on any atom is 0.137 e. The van der Waals surface area contributed by atoms with Gasteiger partial charge in [0.05, 0.1) is 5.52 Å². The minimum Gasteiger partial charge on any atom is -0.399 e. The molecule has 0 radical (unpaired) electrons. The summed E-state index contributed by atoms with van der Waals surface area (Å²) in [6, 6.07) is 5.68. The van der Waals surface area contributed by atoms with E-state index >= 15 is 0 Å². The Morgan fingerprint density at radius 1 is 1.26 bits per heavy atom. The summed E-state index contributed by atoms with van der Waals surface area (Å²) in [6.45, 7) is 2.89. The molecule has 0 aliphatic carbocycles. The molecule has 19 heavy (non-hydrogen) atoms. The number of anilines is 2. The summed E-state index contributed by atoms with van der Waals surface area (Å²) < 4.78 is 0. The van der Waals surface area contributed by atoms with Crippen molar-refractivity contribution >= 4 is 33.7 Å².